The molecule has 1 saturated heterocycles. The number of carbonyl (C=O) groups is 1. The molecule has 1 fully saturated rings. The second-order valence-electron chi connectivity index (χ2n) is 4.53. The number of likely N-dealkylation sites (N-methyl/N-ethyl adjacent to an activating group) is 1. The van der Waals surface area contributed by atoms with Crippen LogP contribution in [-0.4, -0.2) is 50.7 Å². The summed E-state index contributed by atoms with van der Waals surface area (Å²) in [6, 6.07) is 0. The van der Waals surface area contributed by atoms with E-state index in [9.17, 15) is 4.79 Å². The average Bonchev–Trinajstić information content (AvgIpc) is 2.41. The largest absolute Gasteiger partial charge is 0.380 e. The lowest BCUT2D eigenvalue weighted by Crippen LogP contribution is -2.38. The molecule has 0 saturated carbocycles. The van der Waals surface area contributed by atoms with Gasteiger partial charge in [0, 0.05) is 19.6 Å². The van der Waals surface area contributed by atoms with Gasteiger partial charge in [-0.3, -0.25) is 4.79 Å². The van der Waals surface area contributed by atoms with Crippen LogP contribution in [0, 0.1) is 5.92 Å². The molecule has 1 rings (SSSR count). The van der Waals surface area contributed by atoms with Crippen molar-refractivity contribution in [2.24, 2.45) is 5.92 Å². The Hall–Kier alpha value is -0.610. The summed E-state index contributed by atoms with van der Waals surface area (Å²) in [5.74, 6) is 1.02. The summed E-state index contributed by atoms with van der Waals surface area (Å²) in [5, 5.41) is 3.00. The number of piperidine rings is 1. The van der Waals surface area contributed by atoms with Crippen LogP contribution in [0.3, 0.4) is 0 Å². The van der Waals surface area contributed by atoms with Crippen LogP contribution in [0.1, 0.15) is 40.0 Å². The van der Waals surface area contributed by atoms with Gasteiger partial charge in [-0.15, -0.1) is 0 Å². The van der Waals surface area contributed by atoms with Gasteiger partial charge in [0.15, 0.2) is 0 Å². The van der Waals surface area contributed by atoms with E-state index in [1.807, 2.05) is 25.8 Å². The van der Waals surface area contributed by atoms with Crippen molar-refractivity contribution in [3.05, 3.63) is 0 Å². The highest BCUT2D eigenvalue weighted by Gasteiger charge is 2.19. The molecule has 0 radical (unpaired) electrons. The minimum atomic E-state index is 0.247. The molecule has 1 heterocycles. The fraction of sp³-hybridized carbons (Fsp3) is 0.929. The molecule has 0 aliphatic carbocycles. The zero-order valence-electron chi connectivity index (χ0n) is 12.5. The van der Waals surface area contributed by atoms with Gasteiger partial charge in [-0.25, -0.2) is 0 Å². The van der Waals surface area contributed by atoms with E-state index in [-0.39, 0.29) is 5.91 Å². The molecule has 4 heteroatoms. The molecule has 0 spiro atoms. The lowest BCUT2D eigenvalue weighted by Gasteiger charge is -2.30. The SMILES string of the molecule is CC.CNCCOCCC(=O)N1CCC(C)CC1. The maximum Gasteiger partial charge on any atom is 0.224 e. The molecule has 0 atom stereocenters. The summed E-state index contributed by atoms with van der Waals surface area (Å²) < 4.78 is 5.35. The Labute approximate surface area is 112 Å². The third-order valence-electron chi connectivity index (χ3n) is 3.09. The van der Waals surface area contributed by atoms with Crippen molar-refractivity contribution in [3.8, 4) is 0 Å². The minimum Gasteiger partial charge on any atom is -0.380 e. The highest BCUT2D eigenvalue weighted by molar-refractivity contribution is 5.76. The number of hydrogen-bond donors (Lipinski definition) is 1. The molecule has 0 bridgehead atoms. The predicted octanol–water partition coefficient (Wildman–Crippen LogP) is 1.90. The van der Waals surface area contributed by atoms with Gasteiger partial charge in [0.2, 0.25) is 5.91 Å². The highest BCUT2D eigenvalue weighted by atomic mass is 16.5. The number of rotatable bonds is 6. The first-order valence-electron chi connectivity index (χ1n) is 7.24. The maximum absolute atomic E-state index is 11.8. The van der Waals surface area contributed by atoms with Crippen molar-refractivity contribution in [1.29, 1.82) is 0 Å². The van der Waals surface area contributed by atoms with Crippen LogP contribution in [0.4, 0.5) is 0 Å². The van der Waals surface area contributed by atoms with Crippen molar-refractivity contribution in [2.45, 2.75) is 40.0 Å². The molecule has 0 unspecified atom stereocenters. The standard InChI is InChI=1S/C12H24N2O2.C2H6/c1-11-3-7-14(8-4-11)12(15)5-9-16-10-6-13-2;1-2/h11,13H,3-10H2,1-2H3;1-2H3. The summed E-state index contributed by atoms with van der Waals surface area (Å²) in [6.45, 7) is 10.2. The van der Waals surface area contributed by atoms with E-state index in [1.165, 1.54) is 0 Å². The molecule has 1 aliphatic heterocycles. The number of carbonyl (C=O) groups excluding carboxylic acids is 1. The van der Waals surface area contributed by atoms with E-state index in [0.29, 0.717) is 19.6 Å². The third-order valence-corrected chi connectivity index (χ3v) is 3.09. The molecule has 1 amide bonds. The Balaban J connectivity index is 0.00000137. The van der Waals surface area contributed by atoms with Gasteiger partial charge in [0.1, 0.15) is 0 Å². The minimum absolute atomic E-state index is 0.247. The zero-order valence-corrected chi connectivity index (χ0v) is 12.5. The van der Waals surface area contributed by atoms with E-state index in [1.54, 1.807) is 0 Å². The summed E-state index contributed by atoms with van der Waals surface area (Å²) in [6.07, 6.45) is 2.82. The zero-order chi connectivity index (χ0) is 13.8. The van der Waals surface area contributed by atoms with Crippen LogP contribution in [0.2, 0.25) is 0 Å². The fourth-order valence-electron chi connectivity index (χ4n) is 1.85. The van der Waals surface area contributed by atoms with Gasteiger partial charge in [-0.2, -0.15) is 0 Å². The Bertz CT molecular complexity index is 202. The number of nitrogens with one attached hydrogen (secondary N) is 1. The van der Waals surface area contributed by atoms with Gasteiger partial charge < -0.3 is 15.0 Å². The van der Waals surface area contributed by atoms with E-state index in [0.717, 1.165) is 38.4 Å². The van der Waals surface area contributed by atoms with Crippen LogP contribution in [0.25, 0.3) is 0 Å². The van der Waals surface area contributed by atoms with Gasteiger partial charge in [0.25, 0.3) is 0 Å². The van der Waals surface area contributed by atoms with E-state index in [4.69, 9.17) is 4.74 Å². The first-order valence-corrected chi connectivity index (χ1v) is 7.24. The molecular weight excluding hydrogens is 228 g/mol. The summed E-state index contributed by atoms with van der Waals surface area (Å²) in [5.41, 5.74) is 0. The lowest BCUT2D eigenvalue weighted by atomic mass is 9.99. The Morgan fingerprint density at radius 1 is 1.28 bits per heavy atom. The van der Waals surface area contributed by atoms with E-state index >= 15 is 0 Å². The molecule has 1 N–H and O–H groups in total. The number of ether oxygens (including phenoxy) is 1. The van der Waals surface area contributed by atoms with Crippen LogP contribution in [0.15, 0.2) is 0 Å². The summed E-state index contributed by atoms with van der Waals surface area (Å²) in [7, 11) is 1.89. The topological polar surface area (TPSA) is 41.6 Å². The van der Waals surface area contributed by atoms with Crippen molar-refractivity contribution in [2.75, 3.05) is 39.9 Å². The first-order chi connectivity index (χ1) is 8.74. The average molecular weight is 258 g/mol. The molecule has 108 valence electrons. The number of amides is 1. The third kappa shape index (κ3) is 7.67. The summed E-state index contributed by atoms with van der Waals surface area (Å²) in [4.78, 5) is 13.7. The van der Waals surface area contributed by atoms with E-state index in [2.05, 4.69) is 12.2 Å². The Kier molecular flexibility index (Phi) is 11.1. The number of hydrogen-bond acceptors (Lipinski definition) is 3. The summed E-state index contributed by atoms with van der Waals surface area (Å²) >= 11 is 0. The second-order valence-corrected chi connectivity index (χ2v) is 4.53. The number of nitrogens with zero attached hydrogens (tertiary/aromatic N) is 1. The van der Waals surface area contributed by atoms with Crippen LogP contribution in [-0.2, 0) is 9.53 Å². The molecule has 0 aromatic rings. The molecule has 0 aromatic heterocycles. The van der Waals surface area contributed by atoms with Gasteiger partial charge in [0.05, 0.1) is 19.6 Å². The second kappa shape index (κ2) is 11.5. The molecular formula is C14H30N2O2. The Morgan fingerprint density at radius 3 is 2.44 bits per heavy atom. The monoisotopic (exact) mass is 258 g/mol. The smallest absolute Gasteiger partial charge is 0.224 e. The van der Waals surface area contributed by atoms with Crippen LogP contribution in [0.5, 0.6) is 0 Å². The van der Waals surface area contributed by atoms with Crippen LogP contribution >= 0.6 is 0 Å². The predicted molar refractivity (Wildman–Crippen MR) is 75.7 cm³/mol. The fourth-order valence-corrected chi connectivity index (χ4v) is 1.85. The van der Waals surface area contributed by atoms with Crippen molar-refractivity contribution < 1.29 is 9.53 Å². The number of likely N-dealkylation sites (tertiary alicyclic amines) is 1. The molecule has 4 nitrogen and oxygen atoms in total. The van der Waals surface area contributed by atoms with E-state index < -0.39 is 0 Å². The van der Waals surface area contributed by atoms with Gasteiger partial charge in [-0.05, 0) is 25.8 Å². The lowest BCUT2D eigenvalue weighted by molar-refractivity contribution is -0.133. The van der Waals surface area contributed by atoms with Crippen molar-refractivity contribution in [3.63, 3.8) is 0 Å². The molecule has 18 heavy (non-hydrogen) atoms. The van der Waals surface area contributed by atoms with Crippen molar-refractivity contribution in [1.82, 2.24) is 10.2 Å². The highest BCUT2D eigenvalue weighted by Crippen LogP contribution is 2.16. The normalized spacial score (nSPS) is 16.1. The van der Waals surface area contributed by atoms with Crippen LogP contribution < -0.4 is 5.32 Å². The Morgan fingerprint density at radius 2 is 1.89 bits per heavy atom. The maximum atomic E-state index is 11.8. The first kappa shape index (κ1) is 17.4. The molecule has 1 aliphatic rings. The molecule has 0 aromatic carbocycles. The van der Waals surface area contributed by atoms with Crippen molar-refractivity contribution >= 4 is 5.91 Å². The van der Waals surface area contributed by atoms with Gasteiger partial charge in [-0.1, -0.05) is 20.8 Å². The van der Waals surface area contributed by atoms with Gasteiger partial charge >= 0.3 is 0 Å². The quantitative estimate of drug-likeness (QED) is 0.740.